The van der Waals surface area contributed by atoms with Crippen LogP contribution in [0.15, 0.2) is 66.9 Å². The van der Waals surface area contributed by atoms with Crippen LogP contribution >= 0.6 is 23.2 Å². The number of rotatable bonds is 16. The van der Waals surface area contributed by atoms with Gasteiger partial charge >= 0.3 is 0 Å². The third-order valence-corrected chi connectivity index (χ3v) is 7.50. The molecule has 0 radical (unpaired) electrons. The normalized spacial score (nSPS) is 11.3. The number of nitrogens with one attached hydrogen (secondary N) is 2. The predicted octanol–water partition coefficient (Wildman–Crippen LogP) is 10.5. The summed E-state index contributed by atoms with van der Waals surface area (Å²) in [5, 5.41) is 12.3. The Labute approximate surface area is 232 Å². The smallest absolute Gasteiger partial charge is 0.0737 e. The summed E-state index contributed by atoms with van der Waals surface area (Å²) >= 11 is 12.2. The van der Waals surface area contributed by atoms with Gasteiger partial charge in [0, 0.05) is 51.5 Å². The minimum atomic E-state index is 0.730. The fourth-order valence-electron chi connectivity index (χ4n) is 4.97. The summed E-state index contributed by atoms with van der Waals surface area (Å²) in [5.74, 6) is 0. The number of aromatic nitrogens is 1. The van der Waals surface area contributed by atoms with Crippen LogP contribution in [0.2, 0.25) is 10.0 Å². The number of halogens is 2. The molecule has 0 amide bonds. The van der Waals surface area contributed by atoms with Gasteiger partial charge in [-0.2, -0.15) is 0 Å². The fourth-order valence-corrected chi connectivity index (χ4v) is 5.32. The van der Waals surface area contributed by atoms with Gasteiger partial charge in [0.1, 0.15) is 0 Å². The molecular formula is C32H39Cl2N3. The average molecular weight is 537 g/mol. The van der Waals surface area contributed by atoms with E-state index in [0.29, 0.717) is 0 Å². The van der Waals surface area contributed by atoms with Gasteiger partial charge in [-0.3, -0.25) is 4.98 Å². The Bertz CT molecular complexity index is 1160. The number of pyridine rings is 1. The molecule has 1 heterocycles. The van der Waals surface area contributed by atoms with Crippen molar-refractivity contribution in [3.63, 3.8) is 0 Å². The van der Waals surface area contributed by atoms with E-state index in [0.717, 1.165) is 39.7 Å². The monoisotopic (exact) mass is 535 g/mol. The molecule has 4 rings (SSSR count). The lowest BCUT2D eigenvalue weighted by molar-refractivity contribution is 0.550. The van der Waals surface area contributed by atoms with Crippen LogP contribution in [0.4, 0.5) is 11.4 Å². The van der Waals surface area contributed by atoms with Crippen molar-refractivity contribution in [1.82, 2.24) is 4.98 Å². The third kappa shape index (κ3) is 8.79. The van der Waals surface area contributed by atoms with Crippen LogP contribution in [0.3, 0.4) is 0 Å². The van der Waals surface area contributed by atoms with Crippen molar-refractivity contribution >= 4 is 56.3 Å². The van der Waals surface area contributed by atoms with Gasteiger partial charge in [0.25, 0.3) is 0 Å². The second kappa shape index (κ2) is 15.1. The first-order valence-corrected chi connectivity index (χ1v) is 14.7. The van der Waals surface area contributed by atoms with E-state index in [1.165, 1.54) is 87.1 Å². The second-order valence-corrected chi connectivity index (χ2v) is 10.8. The van der Waals surface area contributed by atoms with Gasteiger partial charge in [0.2, 0.25) is 0 Å². The maximum absolute atomic E-state index is 6.12. The van der Waals surface area contributed by atoms with Gasteiger partial charge < -0.3 is 10.6 Å². The molecule has 2 N–H and O–H groups in total. The first-order chi connectivity index (χ1) is 18.2. The Morgan fingerprint density at radius 2 is 1.08 bits per heavy atom. The molecular weight excluding hydrogens is 497 g/mol. The molecule has 0 spiro atoms. The Kier molecular flexibility index (Phi) is 11.2. The van der Waals surface area contributed by atoms with E-state index in [-0.39, 0.29) is 0 Å². The fraction of sp³-hybridized carbons (Fsp3) is 0.406. The average Bonchev–Trinajstić information content (AvgIpc) is 2.90. The number of nitrogens with zero attached hydrogens (tertiary/aromatic N) is 1. The first-order valence-electron chi connectivity index (χ1n) is 13.9. The number of hydrogen-bond acceptors (Lipinski definition) is 3. The van der Waals surface area contributed by atoms with Crippen LogP contribution in [0.1, 0.15) is 70.6 Å². The van der Waals surface area contributed by atoms with E-state index in [1.807, 2.05) is 36.5 Å². The zero-order valence-corrected chi connectivity index (χ0v) is 23.3. The molecule has 0 aliphatic heterocycles. The van der Waals surface area contributed by atoms with E-state index in [2.05, 4.69) is 45.9 Å². The lowest BCUT2D eigenvalue weighted by Crippen LogP contribution is -2.02. The molecule has 0 atom stereocenters. The number of fused-ring (bicyclic) bond motifs is 2. The Hall–Kier alpha value is -2.49. The molecule has 4 aromatic rings. The number of hydrogen-bond donors (Lipinski definition) is 2. The van der Waals surface area contributed by atoms with Crippen molar-refractivity contribution in [2.45, 2.75) is 70.6 Å². The van der Waals surface area contributed by atoms with Crippen molar-refractivity contribution in [1.29, 1.82) is 0 Å². The molecule has 0 unspecified atom stereocenters. The van der Waals surface area contributed by atoms with Gasteiger partial charge in [-0.15, -0.1) is 0 Å². The summed E-state index contributed by atoms with van der Waals surface area (Å²) < 4.78 is 0. The Balaban J connectivity index is 0.965. The van der Waals surface area contributed by atoms with Gasteiger partial charge in [0.05, 0.1) is 5.52 Å². The molecule has 0 aliphatic carbocycles. The van der Waals surface area contributed by atoms with Crippen molar-refractivity contribution in [3.05, 3.63) is 76.9 Å². The molecule has 0 saturated carbocycles. The zero-order chi connectivity index (χ0) is 25.7. The SMILES string of the molecule is Clc1ccc2c(NCCCCCCCCCCCCCNc3ccnc4cc(Cl)ccc34)cccc2c1. The largest absolute Gasteiger partial charge is 0.385 e. The standard InChI is InChI=1S/C32H39Cl2N3/c33-26-15-17-28-25(23-26)13-12-14-30(28)35-20-10-8-6-4-2-1-3-5-7-9-11-21-36-31-19-22-37-32-24-27(34)16-18-29(31)32/h12-19,22-24,35H,1-11,20-21H2,(H,36,37). The molecule has 37 heavy (non-hydrogen) atoms. The maximum atomic E-state index is 6.12. The lowest BCUT2D eigenvalue weighted by atomic mass is 10.1. The van der Waals surface area contributed by atoms with Crippen LogP contribution < -0.4 is 10.6 Å². The summed E-state index contributed by atoms with van der Waals surface area (Å²) in [6.07, 6.45) is 16.4. The van der Waals surface area contributed by atoms with Crippen LogP contribution in [-0.2, 0) is 0 Å². The number of benzene rings is 3. The Morgan fingerprint density at radius 3 is 1.73 bits per heavy atom. The van der Waals surface area contributed by atoms with E-state index in [4.69, 9.17) is 23.2 Å². The third-order valence-electron chi connectivity index (χ3n) is 7.03. The maximum Gasteiger partial charge on any atom is 0.0737 e. The van der Waals surface area contributed by atoms with Gasteiger partial charge in [-0.1, -0.05) is 99.2 Å². The van der Waals surface area contributed by atoms with Crippen LogP contribution in [0, 0.1) is 0 Å². The van der Waals surface area contributed by atoms with E-state index >= 15 is 0 Å². The predicted molar refractivity (Wildman–Crippen MR) is 163 cm³/mol. The highest BCUT2D eigenvalue weighted by Crippen LogP contribution is 2.26. The first kappa shape index (κ1) is 27.5. The molecule has 0 saturated heterocycles. The van der Waals surface area contributed by atoms with E-state index < -0.39 is 0 Å². The number of unbranched alkanes of at least 4 members (excludes halogenated alkanes) is 10. The molecule has 3 nitrogen and oxygen atoms in total. The van der Waals surface area contributed by atoms with Crippen LogP contribution in [0.25, 0.3) is 21.7 Å². The summed E-state index contributed by atoms with van der Waals surface area (Å²) in [4.78, 5) is 4.41. The topological polar surface area (TPSA) is 37.0 Å². The van der Waals surface area contributed by atoms with Crippen molar-refractivity contribution in [2.75, 3.05) is 23.7 Å². The van der Waals surface area contributed by atoms with E-state index in [1.54, 1.807) is 0 Å². The van der Waals surface area contributed by atoms with Gasteiger partial charge in [-0.25, -0.2) is 0 Å². The van der Waals surface area contributed by atoms with Gasteiger partial charge in [-0.05, 0) is 60.7 Å². The summed E-state index contributed by atoms with van der Waals surface area (Å²) in [5.41, 5.74) is 3.30. The summed E-state index contributed by atoms with van der Waals surface area (Å²) in [6.45, 7) is 2.04. The van der Waals surface area contributed by atoms with Crippen molar-refractivity contribution in [3.8, 4) is 0 Å². The highest BCUT2D eigenvalue weighted by molar-refractivity contribution is 6.31. The lowest BCUT2D eigenvalue weighted by Gasteiger charge is -2.10. The van der Waals surface area contributed by atoms with Gasteiger partial charge in [0.15, 0.2) is 0 Å². The highest BCUT2D eigenvalue weighted by atomic mass is 35.5. The van der Waals surface area contributed by atoms with Crippen LogP contribution in [0.5, 0.6) is 0 Å². The molecule has 0 bridgehead atoms. The molecule has 5 heteroatoms. The van der Waals surface area contributed by atoms with E-state index in [9.17, 15) is 0 Å². The quantitative estimate of drug-likeness (QED) is 0.140. The highest BCUT2D eigenvalue weighted by Gasteiger charge is 2.03. The minimum Gasteiger partial charge on any atom is -0.385 e. The molecule has 3 aromatic carbocycles. The summed E-state index contributed by atoms with van der Waals surface area (Å²) in [6, 6.07) is 20.4. The molecule has 196 valence electrons. The molecule has 1 aromatic heterocycles. The van der Waals surface area contributed by atoms with Crippen molar-refractivity contribution in [2.24, 2.45) is 0 Å². The van der Waals surface area contributed by atoms with Crippen molar-refractivity contribution < 1.29 is 0 Å². The second-order valence-electron chi connectivity index (χ2n) is 9.93. The zero-order valence-electron chi connectivity index (χ0n) is 21.7. The summed E-state index contributed by atoms with van der Waals surface area (Å²) in [7, 11) is 0. The van der Waals surface area contributed by atoms with Crippen LogP contribution in [-0.4, -0.2) is 18.1 Å². The molecule has 0 aliphatic rings. The number of anilines is 2. The Morgan fingerprint density at radius 1 is 0.541 bits per heavy atom. The molecule has 0 fully saturated rings. The minimum absolute atomic E-state index is 0.730.